The number of aromatic nitrogens is 1. The fourth-order valence-corrected chi connectivity index (χ4v) is 2.51. The first-order valence-electron chi connectivity index (χ1n) is 5.85. The van der Waals surface area contributed by atoms with Gasteiger partial charge < -0.3 is 19.9 Å². The van der Waals surface area contributed by atoms with Crippen LogP contribution in [0.1, 0.15) is 12.8 Å². The Labute approximate surface area is 101 Å². The Bertz CT molecular complexity index is 402. The van der Waals surface area contributed by atoms with E-state index in [4.69, 9.17) is 10.5 Å². The lowest BCUT2D eigenvalue weighted by Gasteiger charge is -2.29. The molecule has 2 N–H and O–H groups in total. The lowest BCUT2D eigenvalue weighted by Crippen LogP contribution is -2.44. The summed E-state index contributed by atoms with van der Waals surface area (Å²) < 4.78 is 6.83. The van der Waals surface area contributed by atoms with Gasteiger partial charge in [0.25, 0.3) is 0 Å². The molecule has 2 atom stereocenters. The molecule has 1 saturated heterocycles. The summed E-state index contributed by atoms with van der Waals surface area (Å²) in [6.45, 7) is 0.558. The van der Waals surface area contributed by atoms with Crippen molar-refractivity contribution in [2.75, 3.05) is 18.6 Å². The van der Waals surface area contributed by atoms with Crippen LogP contribution < -0.4 is 10.6 Å². The van der Waals surface area contributed by atoms with Crippen LogP contribution in [0.15, 0.2) is 18.5 Å². The van der Waals surface area contributed by atoms with E-state index in [0.717, 1.165) is 18.5 Å². The maximum Gasteiger partial charge on any atom is 0.328 e. The minimum Gasteiger partial charge on any atom is -0.467 e. The molecule has 0 spiro atoms. The minimum absolute atomic E-state index is 0.176. The van der Waals surface area contributed by atoms with E-state index in [1.165, 1.54) is 7.11 Å². The van der Waals surface area contributed by atoms with Crippen LogP contribution in [0.4, 0.5) is 5.69 Å². The van der Waals surface area contributed by atoms with E-state index in [9.17, 15) is 4.79 Å². The topological polar surface area (TPSA) is 60.5 Å². The summed E-state index contributed by atoms with van der Waals surface area (Å²) in [6.07, 6.45) is 5.72. The van der Waals surface area contributed by atoms with Crippen LogP contribution >= 0.6 is 0 Å². The predicted molar refractivity (Wildman–Crippen MR) is 65.8 cm³/mol. The Balaban J connectivity index is 2.27. The molecule has 5 nitrogen and oxygen atoms in total. The number of ether oxygens (including phenoxy) is 1. The zero-order chi connectivity index (χ0) is 12.4. The molecule has 0 amide bonds. The number of nitrogens with two attached hydrogens (primary N) is 1. The van der Waals surface area contributed by atoms with Gasteiger partial charge in [-0.05, 0) is 18.9 Å². The monoisotopic (exact) mass is 237 g/mol. The van der Waals surface area contributed by atoms with Gasteiger partial charge in [-0.1, -0.05) is 0 Å². The number of anilines is 1. The molecule has 0 radical (unpaired) electrons. The Morgan fingerprint density at radius 2 is 2.35 bits per heavy atom. The van der Waals surface area contributed by atoms with E-state index in [2.05, 4.69) is 4.90 Å². The number of aryl methyl sites for hydroxylation is 1. The summed E-state index contributed by atoms with van der Waals surface area (Å²) in [7, 11) is 3.39. The van der Waals surface area contributed by atoms with Crippen molar-refractivity contribution >= 4 is 11.7 Å². The van der Waals surface area contributed by atoms with E-state index in [1.54, 1.807) is 0 Å². The molecule has 1 aliphatic rings. The van der Waals surface area contributed by atoms with Crippen LogP contribution in [0, 0.1) is 0 Å². The fraction of sp³-hybridized carbons (Fsp3) is 0.583. The normalized spacial score (nSPS) is 24.1. The highest BCUT2D eigenvalue weighted by Crippen LogP contribution is 2.30. The third-order valence-electron chi connectivity index (χ3n) is 3.36. The molecule has 0 unspecified atom stereocenters. The molecule has 1 aromatic rings. The van der Waals surface area contributed by atoms with Crippen LogP contribution in [-0.2, 0) is 16.6 Å². The van der Waals surface area contributed by atoms with Gasteiger partial charge in [-0.2, -0.15) is 0 Å². The molecular weight excluding hydrogens is 218 g/mol. The van der Waals surface area contributed by atoms with Crippen molar-refractivity contribution in [1.29, 1.82) is 0 Å². The van der Waals surface area contributed by atoms with E-state index in [-0.39, 0.29) is 18.1 Å². The number of nitrogens with zero attached hydrogens (tertiary/aromatic N) is 2. The zero-order valence-corrected chi connectivity index (χ0v) is 10.3. The van der Waals surface area contributed by atoms with Crippen molar-refractivity contribution < 1.29 is 9.53 Å². The van der Waals surface area contributed by atoms with Crippen LogP contribution in [0.2, 0.25) is 0 Å². The smallest absolute Gasteiger partial charge is 0.328 e. The van der Waals surface area contributed by atoms with Gasteiger partial charge in [-0.25, -0.2) is 4.79 Å². The maximum atomic E-state index is 11.8. The number of esters is 1. The van der Waals surface area contributed by atoms with Crippen LogP contribution in [0.5, 0.6) is 0 Å². The number of carbonyl (C=O) groups excluding carboxylic acids is 1. The van der Waals surface area contributed by atoms with E-state index in [1.807, 2.05) is 30.1 Å². The summed E-state index contributed by atoms with van der Waals surface area (Å²) in [5.41, 5.74) is 6.81. The summed E-state index contributed by atoms with van der Waals surface area (Å²) >= 11 is 0. The number of carbonyl (C=O) groups is 1. The highest BCUT2D eigenvalue weighted by Gasteiger charge is 2.38. The molecule has 1 aromatic heterocycles. The molecule has 0 bridgehead atoms. The van der Waals surface area contributed by atoms with Crippen molar-refractivity contribution in [1.82, 2.24) is 4.57 Å². The molecule has 0 saturated carbocycles. The van der Waals surface area contributed by atoms with Crippen molar-refractivity contribution in [2.24, 2.45) is 12.8 Å². The van der Waals surface area contributed by atoms with E-state index in [0.29, 0.717) is 6.54 Å². The van der Waals surface area contributed by atoms with Gasteiger partial charge in [0.1, 0.15) is 6.04 Å². The quantitative estimate of drug-likeness (QED) is 0.777. The lowest BCUT2D eigenvalue weighted by atomic mass is 10.2. The van der Waals surface area contributed by atoms with Gasteiger partial charge in [0.15, 0.2) is 0 Å². The number of rotatable bonds is 3. The van der Waals surface area contributed by atoms with E-state index < -0.39 is 0 Å². The molecule has 0 aromatic carbocycles. The minimum atomic E-state index is -0.198. The van der Waals surface area contributed by atoms with Gasteiger partial charge in [-0.15, -0.1) is 0 Å². The van der Waals surface area contributed by atoms with Crippen molar-refractivity contribution in [3.8, 4) is 0 Å². The summed E-state index contributed by atoms with van der Waals surface area (Å²) in [4.78, 5) is 13.8. The third kappa shape index (κ3) is 2.15. The van der Waals surface area contributed by atoms with E-state index >= 15 is 0 Å². The molecule has 2 rings (SSSR count). The summed E-state index contributed by atoms with van der Waals surface area (Å²) in [5.74, 6) is -0.176. The lowest BCUT2D eigenvalue weighted by molar-refractivity contribution is -0.142. The average molecular weight is 237 g/mol. The van der Waals surface area contributed by atoms with Gasteiger partial charge in [-0.3, -0.25) is 0 Å². The third-order valence-corrected chi connectivity index (χ3v) is 3.36. The Morgan fingerprint density at radius 1 is 1.59 bits per heavy atom. The van der Waals surface area contributed by atoms with Gasteiger partial charge >= 0.3 is 5.97 Å². The first kappa shape index (κ1) is 12.0. The second-order valence-electron chi connectivity index (χ2n) is 4.45. The first-order chi connectivity index (χ1) is 8.17. The standard InChI is InChI=1S/C12H19N3O2/c1-14-6-5-10(8-14)15-9(7-13)3-4-11(15)12(16)17-2/h5-6,8-9,11H,3-4,7,13H2,1-2H3/t9-,11-/m1/s1. The van der Waals surface area contributed by atoms with Crippen molar-refractivity contribution in [2.45, 2.75) is 24.9 Å². The van der Waals surface area contributed by atoms with Crippen LogP contribution in [0.3, 0.4) is 0 Å². The molecule has 0 aliphatic carbocycles. The highest BCUT2D eigenvalue weighted by atomic mass is 16.5. The predicted octanol–water partition coefficient (Wildman–Crippen LogP) is 0.494. The average Bonchev–Trinajstić information content (AvgIpc) is 2.93. The van der Waals surface area contributed by atoms with Crippen molar-refractivity contribution in [3.63, 3.8) is 0 Å². The molecule has 94 valence electrons. The molecule has 5 heteroatoms. The van der Waals surface area contributed by atoms with Gasteiger partial charge in [0.2, 0.25) is 0 Å². The molecule has 1 aliphatic heterocycles. The summed E-state index contributed by atoms with van der Waals surface area (Å²) in [5, 5.41) is 0. The molecular formula is C12H19N3O2. The largest absolute Gasteiger partial charge is 0.467 e. The molecule has 1 fully saturated rings. The Kier molecular flexibility index (Phi) is 3.38. The van der Waals surface area contributed by atoms with Crippen LogP contribution in [0.25, 0.3) is 0 Å². The highest BCUT2D eigenvalue weighted by molar-refractivity contribution is 5.81. The SMILES string of the molecule is COC(=O)[C@H]1CC[C@H](CN)N1c1ccn(C)c1. The first-order valence-corrected chi connectivity index (χ1v) is 5.85. The number of methoxy groups -OCH3 is 1. The zero-order valence-electron chi connectivity index (χ0n) is 10.3. The fourth-order valence-electron chi connectivity index (χ4n) is 2.51. The number of hydrogen-bond acceptors (Lipinski definition) is 4. The Morgan fingerprint density at radius 3 is 2.88 bits per heavy atom. The molecule has 2 heterocycles. The van der Waals surface area contributed by atoms with Gasteiger partial charge in [0, 0.05) is 32.0 Å². The van der Waals surface area contributed by atoms with Crippen molar-refractivity contribution in [3.05, 3.63) is 18.5 Å². The second-order valence-corrected chi connectivity index (χ2v) is 4.45. The Hall–Kier alpha value is -1.49. The maximum absolute atomic E-state index is 11.8. The second kappa shape index (κ2) is 4.79. The summed E-state index contributed by atoms with van der Waals surface area (Å²) in [6, 6.07) is 2.03. The molecule has 17 heavy (non-hydrogen) atoms. The van der Waals surface area contributed by atoms with Crippen LogP contribution in [-0.4, -0.2) is 36.3 Å². The number of hydrogen-bond donors (Lipinski definition) is 1. The van der Waals surface area contributed by atoms with Gasteiger partial charge in [0.05, 0.1) is 12.8 Å².